The smallest absolute Gasteiger partial charge is 0.227 e. The number of nitrogens with zero attached hydrogens (tertiary/aromatic N) is 2. The van der Waals surface area contributed by atoms with Crippen molar-refractivity contribution in [2.75, 3.05) is 31.5 Å². The summed E-state index contributed by atoms with van der Waals surface area (Å²) in [6, 6.07) is 9.48. The van der Waals surface area contributed by atoms with Gasteiger partial charge in [-0.1, -0.05) is 18.2 Å². The molecule has 3 amide bonds. The number of nitrogens with one attached hydrogen (secondary N) is 1. The second kappa shape index (κ2) is 8.34. The number of hydrogen-bond acceptors (Lipinski definition) is 3. The van der Waals surface area contributed by atoms with Crippen LogP contribution < -0.4 is 5.32 Å². The number of amides is 3. The molecule has 1 N–H and O–H groups in total. The van der Waals surface area contributed by atoms with Gasteiger partial charge in [-0.3, -0.25) is 14.4 Å². The lowest BCUT2D eigenvalue weighted by atomic mass is 9.80. The summed E-state index contributed by atoms with van der Waals surface area (Å²) in [6.07, 6.45) is 3.03. The predicted molar refractivity (Wildman–Crippen MR) is 99.4 cm³/mol. The number of carbonyl (C=O) groups excluding carboxylic acids is 3. The molecule has 26 heavy (non-hydrogen) atoms. The molecule has 0 bridgehead atoms. The standard InChI is InChI=1S/C20H27N3O3/c1-15(24)22-11-13-23(14-12-22)20(26)17-9-7-16(8-10-17)19(25)21-18-5-3-2-4-6-18/h2-6,16-17H,7-14H2,1H3,(H,21,25). The Morgan fingerprint density at radius 2 is 1.38 bits per heavy atom. The summed E-state index contributed by atoms with van der Waals surface area (Å²) in [7, 11) is 0. The van der Waals surface area contributed by atoms with Crippen LogP contribution in [-0.2, 0) is 14.4 Å². The van der Waals surface area contributed by atoms with Crippen molar-refractivity contribution in [2.45, 2.75) is 32.6 Å². The van der Waals surface area contributed by atoms with Crippen LogP contribution in [0, 0.1) is 11.8 Å². The molecule has 0 atom stereocenters. The zero-order valence-corrected chi connectivity index (χ0v) is 15.3. The van der Waals surface area contributed by atoms with E-state index in [0.717, 1.165) is 31.4 Å². The van der Waals surface area contributed by atoms with Gasteiger partial charge in [-0.25, -0.2) is 0 Å². The van der Waals surface area contributed by atoms with Crippen LogP contribution >= 0.6 is 0 Å². The maximum Gasteiger partial charge on any atom is 0.227 e. The quantitative estimate of drug-likeness (QED) is 0.901. The Morgan fingerprint density at radius 1 is 0.846 bits per heavy atom. The van der Waals surface area contributed by atoms with Crippen molar-refractivity contribution in [1.29, 1.82) is 0 Å². The third kappa shape index (κ3) is 4.42. The summed E-state index contributed by atoms with van der Waals surface area (Å²) in [5.41, 5.74) is 0.819. The molecule has 2 fully saturated rings. The molecule has 1 saturated carbocycles. The molecule has 0 unspecified atom stereocenters. The van der Waals surface area contributed by atoms with Crippen LogP contribution in [0.3, 0.4) is 0 Å². The van der Waals surface area contributed by atoms with Crippen molar-refractivity contribution < 1.29 is 14.4 Å². The number of carbonyl (C=O) groups is 3. The van der Waals surface area contributed by atoms with Crippen molar-refractivity contribution >= 4 is 23.4 Å². The van der Waals surface area contributed by atoms with E-state index in [4.69, 9.17) is 0 Å². The van der Waals surface area contributed by atoms with Gasteiger partial charge in [-0.05, 0) is 37.8 Å². The van der Waals surface area contributed by atoms with Gasteiger partial charge < -0.3 is 15.1 Å². The molecule has 140 valence electrons. The summed E-state index contributed by atoms with van der Waals surface area (Å²) in [4.78, 5) is 40.2. The minimum atomic E-state index is -0.0196. The van der Waals surface area contributed by atoms with E-state index in [1.165, 1.54) is 0 Å². The molecular weight excluding hydrogens is 330 g/mol. The van der Waals surface area contributed by atoms with Gasteiger partial charge in [0.15, 0.2) is 0 Å². The minimum absolute atomic E-state index is 0.0136. The van der Waals surface area contributed by atoms with Crippen LogP contribution in [0.1, 0.15) is 32.6 Å². The average molecular weight is 357 g/mol. The van der Waals surface area contributed by atoms with E-state index in [2.05, 4.69) is 5.32 Å². The van der Waals surface area contributed by atoms with Crippen LogP contribution in [0.25, 0.3) is 0 Å². The molecule has 0 aromatic heterocycles. The van der Waals surface area contributed by atoms with Crippen LogP contribution in [0.15, 0.2) is 30.3 Å². The number of hydrogen-bond donors (Lipinski definition) is 1. The molecule has 0 radical (unpaired) electrons. The third-order valence-electron chi connectivity index (χ3n) is 5.53. The molecule has 6 nitrogen and oxygen atoms in total. The van der Waals surface area contributed by atoms with Crippen molar-refractivity contribution in [2.24, 2.45) is 11.8 Å². The Labute approximate surface area is 154 Å². The van der Waals surface area contributed by atoms with Gasteiger partial charge in [0.25, 0.3) is 0 Å². The number of anilines is 1. The number of piperazine rings is 1. The summed E-state index contributed by atoms with van der Waals surface area (Å²) < 4.78 is 0. The molecule has 1 aliphatic carbocycles. The van der Waals surface area contributed by atoms with E-state index >= 15 is 0 Å². The van der Waals surface area contributed by atoms with Gasteiger partial charge in [-0.2, -0.15) is 0 Å². The lowest BCUT2D eigenvalue weighted by Crippen LogP contribution is -2.51. The first kappa shape index (κ1) is 18.4. The zero-order valence-electron chi connectivity index (χ0n) is 15.3. The molecule has 1 saturated heterocycles. The molecule has 3 rings (SSSR count). The van der Waals surface area contributed by atoms with Gasteiger partial charge in [0.05, 0.1) is 0 Å². The fourth-order valence-corrected chi connectivity index (χ4v) is 3.87. The monoisotopic (exact) mass is 357 g/mol. The highest BCUT2D eigenvalue weighted by Crippen LogP contribution is 2.31. The Balaban J connectivity index is 1.45. The number of benzene rings is 1. The lowest BCUT2D eigenvalue weighted by molar-refractivity contribution is -0.142. The van der Waals surface area contributed by atoms with Crippen molar-refractivity contribution in [1.82, 2.24) is 9.80 Å². The summed E-state index contributed by atoms with van der Waals surface area (Å²) in [5.74, 6) is 0.308. The molecule has 1 heterocycles. The van der Waals surface area contributed by atoms with Crippen LogP contribution in [0.5, 0.6) is 0 Å². The Hall–Kier alpha value is -2.37. The molecule has 6 heteroatoms. The average Bonchev–Trinajstić information content (AvgIpc) is 2.68. The lowest BCUT2D eigenvalue weighted by Gasteiger charge is -2.37. The van der Waals surface area contributed by atoms with Gasteiger partial charge in [-0.15, -0.1) is 0 Å². The molecule has 0 spiro atoms. The first-order valence-corrected chi connectivity index (χ1v) is 9.45. The maximum atomic E-state index is 12.7. The van der Waals surface area contributed by atoms with Gasteiger partial charge >= 0.3 is 0 Å². The summed E-state index contributed by atoms with van der Waals surface area (Å²) in [6.45, 7) is 4.05. The maximum absolute atomic E-state index is 12.7. The fourth-order valence-electron chi connectivity index (χ4n) is 3.87. The normalized spacial score (nSPS) is 23.4. The molecule has 2 aliphatic rings. The van der Waals surface area contributed by atoms with Gasteiger partial charge in [0.2, 0.25) is 17.7 Å². The minimum Gasteiger partial charge on any atom is -0.339 e. The van der Waals surface area contributed by atoms with Crippen LogP contribution in [0.4, 0.5) is 5.69 Å². The largest absolute Gasteiger partial charge is 0.339 e. The van der Waals surface area contributed by atoms with E-state index in [1.807, 2.05) is 35.2 Å². The fraction of sp³-hybridized carbons (Fsp3) is 0.550. The highest BCUT2D eigenvalue weighted by atomic mass is 16.2. The first-order chi connectivity index (χ1) is 12.5. The number of rotatable bonds is 3. The topological polar surface area (TPSA) is 69.7 Å². The van der Waals surface area contributed by atoms with Crippen LogP contribution in [-0.4, -0.2) is 53.7 Å². The van der Waals surface area contributed by atoms with Crippen LogP contribution in [0.2, 0.25) is 0 Å². The van der Waals surface area contributed by atoms with Crippen molar-refractivity contribution in [3.05, 3.63) is 30.3 Å². The molecule has 1 aromatic rings. The van der Waals surface area contributed by atoms with E-state index in [9.17, 15) is 14.4 Å². The Morgan fingerprint density at radius 3 is 1.96 bits per heavy atom. The second-order valence-corrected chi connectivity index (χ2v) is 7.24. The van der Waals surface area contributed by atoms with Gasteiger partial charge in [0.1, 0.15) is 0 Å². The second-order valence-electron chi connectivity index (χ2n) is 7.24. The summed E-state index contributed by atoms with van der Waals surface area (Å²) >= 11 is 0. The third-order valence-corrected chi connectivity index (χ3v) is 5.53. The molecule has 1 aromatic carbocycles. The van der Waals surface area contributed by atoms with Crippen molar-refractivity contribution in [3.63, 3.8) is 0 Å². The van der Waals surface area contributed by atoms with Gasteiger partial charge in [0, 0.05) is 50.6 Å². The first-order valence-electron chi connectivity index (χ1n) is 9.45. The van der Waals surface area contributed by atoms with E-state index in [-0.39, 0.29) is 29.6 Å². The Kier molecular flexibility index (Phi) is 5.91. The van der Waals surface area contributed by atoms with E-state index in [1.54, 1.807) is 11.8 Å². The van der Waals surface area contributed by atoms with E-state index < -0.39 is 0 Å². The van der Waals surface area contributed by atoms with E-state index in [0.29, 0.717) is 26.2 Å². The highest BCUT2D eigenvalue weighted by molar-refractivity contribution is 5.92. The highest BCUT2D eigenvalue weighted by Gasteiger charge is 2.33. The predicted octanol–water partition coefficient (Wildman–Crippen LogP) is 2.12. The molecular formula is C20H27N3O3. The zero-order chi connectivity index (χ0) is 18.5. The summed E-state index contributed by atoms with van der Waals surface area (Å²) in [5, 5.41) is 2.96. The SMILES string of the molecule is CC(=O)N1CCN(C(=O)C2CCC(C(=O)Nc3ccccc3)CC2)CC1. The van der Waals surface area contributed by atoms with Crippen molar-refractivity contribution in [3.8, 4) is 0 Å². The number of para-hydroxylation sites is 1. The Bertz CT molecular complexity index is 646. The molecule has 1 aliphatic heterocycles.